The highest BCUT2D eigenvalue weighted by atomic mass is 16.5. The van der Waals surface area contributed by atoms with Gasteiger partial charge >= 0.3 is 0 Å². The summed E-state index contributed by atoms with van der Waals surface area (Å²) in [5.41, 5.74) is 5.35. The van der Waals surface area contributed by atoms with Gasteiger partial charge in [0.15, 0.2) is 28.7 Å². The van der Waals surface area contributed by atoms with Crippen molar-refractivity contribution >= 4 is 34.4 Å². The van der Waals surface area contributed by atoms with Gasteiger partial charge in [-0.3, -0.25) is 9.80 Å². The molecule has 2 heterocycles. The molecule has 0 atom stereocenters. The zero-order valence-electron chi connectivity index (χ0n) is 29.7. The van der Waals surface area contributed by atoms with Crippen molar-refractivity contribution in [1.82, 2.24) is 20.4 Å². The van der Waals surface area contributed by atoms with Gasteiger partial charge in [0.25, 0.3) is 0 Å². The molecule has 0 fully saturated rings. The van der Waals surface area contributed by atoms with E-state index in [2.05, 4.69) is 49.9 Å². The predicted octanol–water partition coefficient (Wildman–Crippen LogP) is 10.5. The Labute approximate surface area is 300 Å². The maximum Gasteiger partial charge on any atom is 0.209 e. The summed E-state index contributed by atoms with van der Waals surface area (Å²) in [7, 11) is 0. The fourth-order valence-electron chi connectivity index (χ4n) is 5.71. The van der Waals surface area contributed by atoms with Crippen LogP contribution in [0.25, 0.3) is 11.4 Å². The smallest absolute Gasteiger partial charge is 0.209 e. The van der Waals surface area contributed by atoms with E-state index in [0.29, 0.717) is 60.1 Å². The Morgan fingerprint density at radius 3 is 1.16 bits per heavy atom. The topological polar surface area (TPSA) is 85.7 Å². The van der Waals surface area contributed by atoms with Crippen molar-refractivity contribution in [2.24, 2.45) is 0 Å². The fourth-order valence-corrected chi connectivity index (χ4v) is 5.71. The second kappa shape index (κ2) is 17.1. The third-order valence-electron chi connectivity index (χ3n) is 8.06. The Morgan fingerprint density at radius 1 is 0.412 bits per heavy atom. The lowest BCUT2D eigenvalue weighted by molar-refractivity contribution is 0.267. The Hall–Kier alpha value is -5.96. The lowest BCUT2D eigenvalue weighted by Gasteiger charge is -2.28. The van der Waals surface area contributed by atoms with Gasteiger partial charge in [-0.05, 0) is 74.7 Å². The van der Waals surface area contributed by atoms with E-state index < -0.39 is 0 Å². The summed E-state index contributed by atoms with van der Waals surface area (Å²) in [5.74, 6) is 2.63. The SMILES string of the molecule is CCCOc1c(-c2nnc(N(c3ccccc3)c3ccccc3)c(OCCC)c2OCCC)nnc(N(c2ccccc2)c2ccccc2)c1C. The largest absolute Gasteiger partial charge is 0.491 e. The van der Waals surface area contributed by atoms with Crippen LogP contribution >= 0.6 is 0 Å². The summed E-state index contributed by atoms with van der Waals surface area (Å²) in [6.07, 6.45) is 2.36. The lowest BCUT2D eigenvalue weighted by atomic mass is 10.1. The first-order valence-corrected chi connectivity index (χ1v) is 17.6. The van der Waals surface area contributed by atoms with Crippen LogP contribution in [0.2, 0.25) is 0 Å². The fraction of sp³-hybridized carbons (Fsp3) is 0.238. The zero-order valence-corrected chi connectivity index (χ0v) is 29.7. The van der Waals surface area contributed by atoms with Crippen LogP contribution in [0.3, 0.4) is 0 Å². The van der Waals surface area contributed by atoms with Crippen molar-refractivity contribution in [2.45, 2.75) is 47.0 Å². The second-order valence-corrected chi connectivity index (χ2v) is 11.9. The second-order valence-electron chi connectivity index (χ2n) is 11.9. The average molecular weight is 681 g/mol. The first-order chi connectivity index (χ1) is 25.2. The molecule has 0 aliphatic heterocycles. The summed E-state index contributed by atoms with van der Waals surface area (Å²) < 4.78 is 19.6. The van der Waals surface area contributed by atoms with E-state index in [0.717, 1.165) is 47.6 Å². The van der Waals surface area contributed by atoms with Gasteiger partial charge in [-0.15, -0.1) is 20.4 Å². The predicted molar refractivity (Wildman–Crippen MR) is 205 cm³/mol. The molecule has 0 saturated carbocycles. The number of para-hydroxylation sites is 4. The highest BCUT2D eigenvalue weighted by molar-refractivity contribution is 5.84. The van der Waals surface area contributed by atoms with E-state index in [4.69, 9.17) is 34.6 Å². The molecule has 0 aliphatic rings. The van der Waals surface area contributed by atoms with Crippen LogP contribution in [0, 0.1) is 6.92 Å². The summed E-state index contributed by atoms with van der Waals surface area (Å²) in [6, 6.07) is 40.4. The van der Waals surface area contributed by atoms with Crippen molar-refractivity contribution in [3.8, 4) is 28.6 Å². The number of ether oxygens (including phenoxy) is 3. The Morgan fingerprint density at radius 2 is 0.745 bits per heavy atom. The molecule has 0 N–H and O–H groups in total. The molecule has 0 bridgehead atoms. The normalized spacial score (nSPS) is 10.8. The molecule has 2 aromatic heterocycles. The molecule has 0 saturated heterocycles. The summed E-state index contributed by atoms with van der Waals surface area (Å²) in [6.45, 7) is 9.58. The number of benzene rings is 4. The van der Waals surface area contributed by atoms with Crippen LogP contribution in [-0.4, -0.2) is 40.2 Å². The van der Waals surface area contributed by atoms with Gasteiger partial charge in [0.05, 0.1) is 19.8 Å². The molecule has 4 aromatic carbocycles. The first-order valence-electron chi connectivity index (χ1n) is 17.6. The molecule has 51 heavy (non-hydrogen) atoms. The van der Waals surface area contributed by atoms with Crippen molar-refractivity contribution in [3.05, 3.63) is 127 Å². The first kappa shape index (κ1) is 34.9. The molecule has 6 aromatic rings. The number of hydrogen-bond acceptors (Lipinski definition) is 9. The summed E-state index contributed by atoms with van der Waals surface area (Å²) in [4.78, 5) is 4.12. The third kappa shape index (κ3) is 7.78. The minimum atomic E-state index is 0.401. The van der Waals surface area contributed by atoms with Gasteiger partial charge in [0.1, 0.15) is 0 Å². The van der Waals surface area contributed by atoms with Gasteiger partial charge in [-0.2, -0.15) is 0 Å². The van der Waals surface area contributed by atoms with Crippen molar-refractivity contribution in [3.63, 3.8) is 0 Å². The van der Waals surface area contributed by atoms with Crippen LogP contribution < -0.4 is 24.0 Å². The van der Waals surface area contributed by atoms with Gasteiger partial charge in [-0.25, -0.2) is 0 Å². The minimum Gasteiger partial charge on any atom is -0.491 e. The zero-order chi connectivity index (χ0) is 35.4. The third-order valence-corrected chi connectivity index (χ3v) is 8.06. The molecule has 0 amide bonds. The number of aromatic nitrogens is 4. The van der Waals surface area contributed by atoms with E-state index in [1.54, 1.807) is 0 Å². The van der Waals surface area contributed by atoms with E-state index in [1.165, 1.54) is 0 Å². The molecule has 9 heteroatoms. The van der Waals surface area contributed by atoms with E-state index in [-0.39, 0.29) is 0 Å². The van der Waals surface area contributed by atoms with E-state index in [9.17, 15) is 0 Å². The van der Waals surface area contributed by atoms with Crippen molar-refractivity contribution < 1.29 is 14.2 Å². The Kier molecular flexibility index (Phi) is 11.7. The standard InChI is InChI=1S/C42H44N6O3/c1-5-28-49-38-31(4)41(47(32-20-12-8-13-21-32)33-22-14-9-15-23-33)45-43-36(38)37-39(50-29-6-2)40(51-30-7-3)42(46-44-37)48(34-24-16-10-17-25-34)35-26-18-11-19-27-35/h8-27H,5-7,28-30H2,1-4H3. The van der Waals surface area contributed by atoms with Gasteiger partial charge in [-0.1, -0.05) is 93.6 Å². The van der Waals surface area contributed by atoms with Gasteiger partial charge in [0.2, 0.25) is 11.6 Å². The molecule has 0 aliphatic carbocycles. The highest BCUT2D eigenvalue weighted by Crippen LogP contribution is 2.49. The number of hydrogen-bond donors (Lipinski definition) is 0. The molecule has 0 spiro atoms. The Balaban J connectivity index is 1.59. The molecule has 0 radical (unpaired) electrons. The van der Waals surface area contributed by atoms with Crippen LogP contribution in [-0.2, 0) is 0 Å². The van der Waals surface area contributed by atoms with Crippen molar-refractivity contribution in [1.29, 1.82) is 0 Å². The quantitative estimate of drug-likeness (QED) is 0.0991. The van der Waals surface area contributed by atoms with Crippen LogP contribution in [0.4, 0.5) is 34.4 Å². The van der Waals surface area contributed by atoms with Gasteiger partial charge in [0, 0.05) is 28.3 Å². The number of anilines is 6. The Bertz CT molecular complexity index is 1900. The lowest BCUT2D eigenvalue weighted by Crippen LogP contribution is -2.17. The van der Waals surface area contributed by atoms with Crippen LogP contribution in [0.5, 0.6) is 17.2 Å². The maximum absolute atomic E-state index is 6.56. The minimum absolute atomic E-state index is 0.401. The monoisotopic (exact) mass is 680 g/mol. The molecule has 0 unspecified atom stereocenters. The van der Waals surface area contributed by atoms with E-state index in [1.807, 2.05) is 109 Å². The number of rotatable bonds is 16. The summed E-state index contributed by atoms with van der Waals surface area (Å²) in [5, 5.41) is 19.4. The highest BCUT2D eigenvalue weighted by Gasteiger charge is 2.31. The van der Waals surface area contributed by atoms with E-state index >= 15 is 0 Å². The maximum atomic E-state index is 6.56. The van der Waals surface area contributed by atoms with Crippen LogP contribution in [0.1, 0.15) is 45.6 Å². The molecule has 6 rings (SSSR count). The van der Waals surface area contributed by atoms with Crippen molar-refractivity contribution in [2.75, 3.05) is 29.6 Å². The van der Waals surface area contributed by atoms with Crippen LogP contribution in [0.15, 0.2) is 121 Å². The molecule has 9 nitrogen and oxygen atoms in total. The summed E-state index contributed by atoms with van der Waals surface area (Å²) >= 11 is 0. The molecular weight excluding hydrogens is 637 g/mol. The molecule has 260 valence electrons. The average Bonchev–Trinajstić information content (AvgIpc) is 3.18. The number of nitrogens with zero attached hydrogens (tertiary/aromatic N) is 6. The van der Waals surface area contributed by atoms with Gasteiger partial charge < -0.3 is 14.2 Å². The molecular formula is C42H44N6O3.